The van der Waals surface area contributed by atoms with Gasteiger partial charge >= 0.3 is 0 Å². The third kappa shape index (κ3) is 3.89. The molecule has 2 rings (SSSR count). The monoisotopic (exact) mass is 345 g/mol. The molecule has 24 heavy (non-hydrogen) atoms. The van der Waals surface area contributed by atoms with Gasteiger partial charge in [-0.2, -0.15) is 0 Å². The molecule has 0 unspecified atom stereocenters. The zero-order valence-corrected chi connectivity index (χ0v) is 13.7. The zero-order valence-electron chi connectivity index (χ0n) is 13.7. The third-order valence-corrected chi connectivity index (χ3v) is 4.60. The fourth-order valence-corrected chi connectivity index (χ4v) is 3.27. The number of methoxy groups -OCH3 is 1. The van der Waals surface area contributed by atoms with Crippen LogP contribution in [-0.2, 0) is 4.74 Å². The number of aliphatic hydroxyl groups excluding tert-OH is 1. The van der Waals surface area contributed by atoms with Crippen LogP contribution < -0.4 is 0 Å². The van der Waals surface area contributed by atoms with Gasteiger partial charge in [0.15, 0.2) is 11.6 Å². The molecule has 0 saturated carbocycles. The average molecular weight is 345 g/mol. The summed E-state index contributed by atoms with van der Waals surface area (Å²) in [6.07, 6.45) is 2.67. The van der Waals surface area contributed by atoms with E-state index >= 15 is 0 Å². The van der Waals surface area contributed by atoms with Gasteiger partial charge in [0.2, 0.25) is 0 Å². The molecular formula is C17H22F3NO3. The highest BCUT2D eigenvalue weighted by atomic mass is 19.2. The lowest BCUT2D eigenvalue weighted by Gasteiger charge is -2.42. The summed E-state index contributed by atoms with van der Waals surface area (Å²) < 4.78 is 46.1. The maximum atomic E-state index is 13.9. The van der Waals surface area contributed by atoms with Crippen molar-refractivity contribution >= 4 is 5.91 Å². The number of hydrogen-bond donors (Lipinski definition) is 1. The highest BCUT2D eigenvalue weighted by Gasteiger charge is 2.38. The molecule has 0 aromatic heterocycles. The molecule has 134 valence electrons. The number of carbonyl (C=O) groups excluding carboxylic acids is 1. The van der Waals surface area contributed by atoms with Crippen molar-refractivity contribution in [1.29, 1.82) is 0 Å². The quantitative estimate of drug-likeness (QED) is 0.637. The number of ether oxygens (including phenoxy) is 1. The lowest BCUT2D eigenvalue weighted by atomic mass is 9.77. The summed E-state index contributed by atoms with van der Waals surface area (Å²) in [6, 6.07) is 1.40. The van der Waals surface area contributed by atoms with Crippen LogP contribution in [0, 0.1) is 22.9 Å². The Bertz CT molecular complexity index is 597. The number of likely N-dealkylation sites (tertiary alicyclic amines) is 1. The Kier molecular flexibility index (Phi) is 6.23. The van der Waals surface area contributed by atoms with Gasteiger partial charge in [-0.3, -0.25) is 4.79 Å². The molecule has 1 aromatic rings. The van der Waals surface area contributed by atoms with Crippen molar-refractivity contribution in [3.8, 4) is 0 Å². The van der Waals surface area contributed by atoms with Crippen molar-refractivity contribution in [2.24, 2.45) is 5.41 Å². The van der Waals surface area contributed by atoms with Gasteiger partial charge in [0, 0.05) is 32.2 Å². The van der Waals surface area contributed by atoms with Crippen LogP contribution in [0.15, 0.2) is 12.1 Å². The van der Waals surface area contributed by atoms with Crippen LogP contribution in [0.3, 0.4) is 0 Å². The van der Waals surface area contributed by atoms with Crippen LogP contribution in [0.1, 0.15) is 36.0 Å². The third-order valence-electron chi connectivity index (χ3n) is 4.60. The van der Waals surface area contributed by atoms with E-state index in [2.05, 4.69) is 0 Å². The second-order valence-corrected chi connectivity index (χ2v) is 6.30. The Morgan fingerprint density at radius 1 is 1.33 bits per heavy atom. The number of benzene rings is 1. The van der Waals surface area contributed by atoms with Crippen LogP contribution in [-0.4, -0.2) is 49.3 Å². The smallest absolute Gasteiger partial charge is 0.259 e. The second-order valence-electron chi connectivity index (χ2n) is 6.30. The number of rotatable bonds is 6. The first-order valence-electron chi connectivity index (χ1n) is 7.97. The van der Waals surface area contributed by atoms with Crippen LogP contribution in [0.5, 0.6) is 0 Å². The van der Waals surface area contributed by atoms with Crippen molar-refractivity contribution in [2.75, 3.05) is 33.4 Å². The largest absolute Gasteiger partial charge is 0.396 e. The molecule has 0 bridgehead atoms. The fourth-order valence-electron chi connectivity index (χ4n) is 3.27. The van der Waals surface area contributed by atoms with Crippen molar-refractivity contribution in [1.82, 2.24) is 4.90 Å². The summed E-state index contributed by atoms with van der Waals surface area (Å²) in [6.45, 7) is 0.902. The van der Waals surface area contributed by atoms with Crippen molar-refractivity contribution in [2.45, 2.75) is 25.7 Å². The first kappa shape index (κ1) is 18.7. The minimum atomic E-state index is -1.47. The minimum Gasteiger partial charge on any atom is -0.396 e. The predicted octanol–water partition coefficient (Wildman–Crippen LogP) is 2.75. The summed E-state index contributed by atoms with van der Waals surface area (Å²) in [4.78, 5) is 13.8. The second kappa shape index (κ2) is 7.98. The molecule has 7 heteroatoms. The first-order chi connectivity index (χ1) is 11.4. The van der Waals surface area contributed by atoms with Crippen molar-refractivity contribution < 1.29 is 27.8 Å². The van der Waals surface area contributed by atoms with E-state index in [-0.39, 0.29) is 13.2 Å². The van der Waals surface area contributed by atoms with Crippen LogP contribution in [0.4, 0.5) is 13.2 Å². The highest BCUT2D eigenvalue weighted by Crippen LogP contribution is 2.35. The molecule has 4 nitrogen and oxygen atoms in total. The molecule has 1 atom stereocenters. The SMILES string of the molecule is COCCC[C@@]1(CO)CCCN(C(=O)c2c(F)ccc(F)c2F)C1. The number of amides is 1. The topological polar surface area (TPSA) is 49.8 Å². The molecule has 0 radical (unpaired) electrons. The number of hydrogen-bond acceptors (Lipinski definition) is 3. The summed E-state index contributed by atoms with van der Waals surface area (Å²) in [5, 5.41) is 9.78. The first-order valence-corrected chi connectivity index (χ1v) is 7.97. The van der Waals surface area contributed by atoms with E-state index in [1.165, 1.54) is 4.90 Å². The molecule has 1 aliphatic heterocycles. The number of aliphatic hydroxyl groups is 1. The maximum Gasteiger partial charge on any atom is 0.259 e. The van der Waals surface area contributed by atoms with Gasteiger partial charge in [-0.25, -0.2) is 13.2 Å². The lowest BCUT2D eigenvalue weighted by molar-refractivity contribution is 0.0175. The molecule has 1 aromatic carbocycles. The standard InChI is InChI=1S/C17H22F3NO3/c1-24-9-3-7-17(11-22)6-2-8-21(10-17)16(23)14-12(18)4-5-13(19)15(14)20/h4-5,22H,2-3,6-11H2,1H3/t17-/m0/s1. The minimum absolute atomic E-state index is 0.130. The normalized spacial score (nSPS) is 21.1. The van der Waals surface area contributed by atoms with E-state index in [1.807, 2.05) is 0 Å². The summed E-state index contributed by atoms with van der Waals surface area (Å²) in [5.74, 6) is -4.70. The number of piperidine rings is 1. The van der Waals surface area contributed by atoms with Gasteiger partial charge in [-0.15, -0.1) is 0 Å². The summed E-state index contributed by atoms with van der Waals surface area (Å²) >= 11 is 0. The molecule has 1 aliphatic rings. The molecule has 1 heterocycles. The maximum absolute atomic E-state index is 13.9. The number of carbonyl (C=O) groups is 1. The molecule has 0 spiro atoms. The molecule has 1 saturated heterocycles. The Balaban J connectivity index is 2.19. The number of halogens is 3. The fraction of sp³-hybridized carbons (Fsp3) is 0.588. The summed E-state index contributed by atoms with van der Waals surface area (Å²) in [5.41, 5.74) is -1.40. The highest BCUT2D eigenvalue weighted by molar-refractivity contribution is 5.95. The van der Waals surface area contributed by atoms with Gasteiger partial charge in [-0.1, -0.05) is 0 Å². The van der Waals surface area contributed by atoms with E-state index in [1.54, 1.807) is 7.11 Å². The Hall–Kier alpha value is -1.60. The lowest BCUT2D eigenvalue weighted by Crippen LogP contribution is -2.48. The van der Waals surface area contributed by atoms with Crippen molar-refractivity contribution in [3.63, 3.8) is 0 Å². The molecule has 1 fully saturated rings. The predicted molar refractivity (Wildman–Crippen MR) is 82.1 cm³/mol. The Labute approximate surface area is 139 Å². The van der Waals surface area contributed by atoms with Crippen LogP contribution in [0.25, 0.3) is 0 Å². The van der Waals surface area contributed by atoms with E-state index in [9.17, 15) is 23.1 Å². The average Bonchev–Trinajstić information content (AvgIpc) is 2.59. The zero-order chi connectivity index (χ0) is 17.7. The summed E-state index contributed by atoms with van der Waals surface area (Å²) in [7, 11) is 1.58. The van der Waals surface area contributed by atoms with Gasteiger partial charge in [0.1, 0.15) is 11.4 Å². The van der Waals surface area contributed by atoms with E-state index in [0.29, 0.717) is 44.9 Å². The van der Waals surface area contributed by atoms with E-state index in [4.69, 9.17) is 4.74 Å². The van der Waals surface area contributed by atoms with E-state index in [0.717, 1.165) is 6.07 Å². The van der Waals surface area contributed by atoms with Gasteiger partial charge < -0.3 is 14.7 Å². The van der Waals surface area contributed by atoms with Crippen molar-refractivity contribution in [3.05, 3.63) is 35.1 Å². The van der Waals surface area contributed by atoms with E-state index < -0.39 is 34.3 Å². The molecule has 1 N–H and O–H groups in total. The van der Waals surface area contributed by atoms with Gasteiger partial charge in [0.25, 0.3) is 5.91 Å². The van der Waals surface area contributed by atoms with Gasteiger partial charge in [-0.05, 0) is 37.8 Å². The molecular weight excluding hydrogens is 323 g/mol. The van der Waals surface area contributed by atoms with Crippen LogP contribution in [0.2, 0.25) is 0 Å². The Morgan fingerprint density at radius 2 is 2.04 bits per heavy atom. The Morgan fingerprint density at radius 3 is 2.71 bits per heavy atom. The van der Waals surface area contributed by atoms with Gasteiger partial charge in [0.05, 0.1) is 6.61 Å². The van der Waals surface area contributed by atoms with Crippen LogP contribution >= 0.6 is 0 Å². The molecule has 0 aliphatic carbocycles. The number of nitrogens with zero attached hydrogens (tertiary/aromatic N) is 1. The molecule has 1 amide bonds.